The van der Waals surface area contributed by atoms with Crippen LogP contribution in [0.25, 0.3) is 0 Å². The number of aromatic amines is 1. The Hall–Kier alpha value is -2.12. The van der Waals surface area contributed by atoms with E-state index in [9.17, 15) is 4.79 Å². The summed E-state index contributed by atoms with van der Waals surface area (Å²) in [6.07, 6.45) is 2.59. The average molecular weight is 323 g/mol. The highest BCUT2D eigenvalue weighted by molar-refractivity contribution is 6.03. The van der Waals surface area contributed by atoms with Crippen LogP contribution in [-0.4, -0.2) is 41.7 Å². The van der Waals surface area contributed by atoms with Crippen LogP contribution < -0.4 is 15.5 Å². The maximum atomic E-state index is 12.3. The SMILES string of the molecule is CN(C)c1ccc(NC(=O)c2n[nH]c3c2CNCC3)nc1.Cl. The molecule has 1 amide bonds. The van der Waals surface area contributed by atoms with E-state index in [1.165, 1.54) is 0 Å². The Morgan fingerprint density at radius 3 is 2.86 bits per heavy atom. The molecular weight excluding hydrogens is 304 g/mol. The Morgan fingerprint density at radius 1 is 1.36 bits per heavy atom. The van der Waals surface area contributed by atoms with Gasteiger partial charge in [0.25, 0.3) is 5.91 Å². The molecule has 0 saturated heterocycles. The zero-order valence-electron chi connectivity index (χ0n) is 12.5. The second-order valence-electron chi connectivity index (χ2n) is 5.21. The molecule has 0 aliphatic carbocycles. The topological polar surface area (TPSA) is 85.9 Å². The fraction of sp³-hybridized carbons (Fsp3) is 0.357. The average Bonchev–Trinajstić information content (AvgIpc) is 2.92. The predicted molar refractivity (Wildman–Crippen MR) is 87.8 cm³/mol. The molecule has 1 aliphatic heterocycles. The number of amides is 1. The van der Waals surface area contributed by atoms with Crippen molar-refractivity contribution in [2.45, 2.75) is 13.0 Å². The van der Waals surface area contributed by atoms with Gasteiger partial charge in [-0.1, -0.05) is 0 Å². The number of carbonyl (C=O) groups is 1. The van der Waals surface area contributed by atoms with E-state index >= 15 is 0 Å². The molecule has 22 heavy (non-hydrogen) atoms. The Morgan fingerprint density at radius 2 is 2.18 bits per heavy atom. The second kappa shape index (κ2) is 6.76. The van der Waals surface area contributed by atoms with E-state index in [1.54, 1.807) is 12.3 Å². The van der Waals surface area contributed by atoms with Crippen LogP contribution in [0.5, 0.6) is 0 Å². The van der Waals surface area contributed by atoms with E-state index in [-0.39, 0.29) is 18.3 Å². The monoisotopic (exact) mass is 322 g/mol. The fourth-order valence-corrected chi connectivity index (χ4v) is 2.31. The number of nitrogens with one attached hydrogen (secondary N) is 3. The summed E-state index contributed by atoms with van der Waals surface area (Å²) in [5.74, 6) is 0.285. The second-order valence-corrected chi connectivity index (χ2v) is 5.21. The number of pyridine rings is 1. The van der Waals surface area contributed by atoms with Crippen molar-refractivity contribution < 1.29 is 4.79 Å². The van der Waals surface area contributed by atoms with Gasteiger partial charge < -0.3 is 15.5 Å². The molecule has 3 N–H and O–H groups in total. The minimum Gasteiger partial charge on any atom is -0.376 e. The Bertz CT molecular complexity index is 652. The van der Waals surface area contributed by atoms with Gasteiger partial charge in [0.15, 0.2) is 5.69 Å². The van der Waals surface area contributed by atoms with Gasteiger partial charge in [0, 0.05) is 44.9 Å². The standard InChI is InChI=1S/C14H18N6O.ClH/c1-20(2)9-3-4-12(16-7-9)17-14(21)13-10-8-15-6-5-11(10)18-19-13;/h3-4,7,15H,5-6,8H2,1-2H3,(H,18,19)(H,16,17,21);1H. The van der Waals surface area contributed by atoms with E-state index in [2.05, 4.69) is 25.8 Å². The number of fused-ring (bicyclic) bond motifs is 1. The van der Waals surface area contributed by atoms with Gasteiger partial charge in [-0.3, -0.25) is 9.89 Å². The molecule has 0 saturated carbocycles. The molecular formula is C14H19ClN6O. The van der Waals surface area contributed by atoms with Gasteiger partial charge >= 0.3 is 0 Å². The third kappa shape index (κ3) is 3.20. The highest BCUT2D eigenvalue weighted by Crippen LogP contribution is 2.17. The first-order chi connectivity index (χ1) is 10.1. The number of aromatic nitrogens is 3. The molecule has 0 atom stereocenters. The summed E-state index contributed by atoms with van der Waals surface area (Å²) in [6.45, 7) is 1.57. The number of rotatable bonds is 3. The maximum Gasteiger partial charge on any atom is 0.277 e. The molecule has 0 unspecified atom stereocenters. The van der Waals surface area contributed by atoms with Crippen LogP contribution in [0.2, 0.25) is 0 Å². The molecule has 0 radical (unpaired) electrons. The summed E-state index contributed by atoms with van der Waals surface area (Å²) in [6, 6.07) is 3.69. The van der Waals surface area contributed by atoms with Crippen molar-refractivity contribution in [1.29, 1.82) is 0 Å². The van der Waals surface area contributed by atoms with Crippen LogP contribution in [0.3, 0.4) is 0 Å². The van der Waals surface area contributed by atoms with Gasteiger partial charge in [-0.2, -0.15) is 5.10 Å². The predicted octanol–water partition coefficient (Wildman–Crippen LogP) is 1.19. The molecule has 2 aromatic heterocycles. The summed E-state index contributed by atoms with van der Waals surface area (Å²) < 4.78 is 0. The van der Waals surface area contributed by atoms with Crippen molar-refractivity contribution >= 4 is 29.8 Å². The highest BCUT2D eigenvalue weighted by atomic mass is 35.5. The first kappa shape index (κ1) is 16.3. The number of nitrogens with zero attached hydrogens (tertiary/aromatic N) is 3. The zero-order valence-corrected chi connectivity index (χ0v) is 13.3. The molecule has 2 aromatic rings. The van der Waals surface area contributed by atoms with Gasteiger partial charge in [-0.25, -0.2) is 4.98 Å². The van der Waals surface area contributed by atoms with Crippen molar-refractivity contribution in [3.8, 4) is 0 Å². The molecule has 0 fully saturated rings. The van der Waals surface area contributed by atoms with E-state index in [1.807, 2.05) is 25.1 Å². The number of H-pyrrole nitrogens is 1. The lowest BCUT2D eigenvalue weighted by Gasteiger charge is -2.13. The van der Waals surface area contributed by atoms with Gasteiger partial charge in [0.2, 0.25) is 0 Å². The summed E-state index contributed by atoms with van der Waals surface area (Å²) >= 11 is 0. The van der Waals surface area contributed by atoms with E-state index in [0.29, 0.717) is 18.1 Å². The molecule has 7 nitrogen and oxygen atoms in total. The van der Waals surface area contributed by atoms with E-state index < -0.39 is 0 Å². The van der Waals surface area contributed by atoms with E-state index in [4.69, 9.17) is 0 Å². The lowest BCUT2D eigenvalue weighted by molar-refractivity contribution is 0.102. The van der Waals surface area contributed by atoms with Crippen molar-refractivity contribution in [3.63, 3.8) is 0 Å². The quantitative estimate of drug-likeness (QED) is 0.790. The van der Waals surface area contributed by atoms with Crippen LogP contribution in [-0.2, 0) is 13.0 Å². The molecule has 1 aliphatic rings. The molecule has 8 heteroatoms. The summed E-state index contributed by atoms with van der Waals surface area (Å²) in [7, 11) is 3.89. The molecule has 3 heterocycles. The normalized spacial score (nSPS) is 13.0. The summed E-state index contributed by atoms with van der Waals surface area (Å²) in [5.41, 5.74) is 3.41. The molecule has 0 aromatic carbocycles. The van der Waals surface area contributed by atoms with Gasteiger partial charge in [0.05, 0.1) is 11.9 Å². The third-order valence-corrected chi connectivity index (χ3v) is 3.53. The Balaban J connectivity index is 0.00000176. The minimum absolute atomic E-state index is 0. The Labute approximate surface area is 134 Å². The number of hydrogen-bond acceptors (Lipinski definition) is 5. The van der Waals surface area contributed by atoms with E-state index in [0.717, 1.165) is 29.9 Å². The van der Waals surface area contributed by atoms with Crippen LogP contribution >= 0.6 is 12.4 Å². The van der Waals surface area contributed by atoms with Crippen molar-refractivity contribution in [1.82, 2.24) is 20.5 Å². The zero-order chi connectivity index (χ0) is 14.8. The van der Waals surface area contributed by atoms with Crippen LogP contribution in [0.1, 0.15) is 21.7 Å². The molecule has 0 spiro atoms. The van der Waals surface area contributed by atoms with Crippen LogP contribution in [0.15, 0.2) is 18.3 Å². The lowest BCUT2D eigenvalue weighted by atomic mass is 10.1. The number of anilines is 2. The fourth-order valence-electron chi connectivity index (χ4n) is 2.31. The smallest absolute Gasteiger partial charge is 0.277 e. The maximum absolute atomic E-state index is 12.3. The first-order valence-electron chi connectivity index (χ1n) is 6.86. The van der Waals surface area contributed by atoms with Gasteiger partial charge in [-0.05, 0) is 12.1 Å². The van der Waals surface area contributed by atoms with Gasteiger partial charge in [0.1, 0.15) is 5.82 Å². The van der Waals surface area contributed by atoms with Gasteiger partial charge in [-0.15, -0.1) is 12.4 Å². The highest BCUT2D eigenvalue weighted by Gasteiger charge is 2.21. The van der Waals surface area contributed by atoms with Crippen molar-refractivity contribution in [2.24, 2.45) is 0 Å². The largest absolute Gasteiger partial charge is 0.376 e. The number of carbonyl (C=O) groups excluding carboxylic acids is 1. The third-order valence-electron chi connectivity index (χ3n) is 3.53. The molecule has 118 valence electrons. The number of hydrogen-bond donors (Lipinski definition) is 3. The molecule has 0 bridgehead atoms. The lowest BCUT2D eigenvalue weighted by Crippen LogP contribution is -2.25. The summed E-state index contributed by atoms with van der Waals surface area (Å²) in [4.78, 5) is 18.5. The molecule has 3 rings (SSSR count). The van der Waals surface area contributed by atoms with Crippen LogP contribution in [0.4, 0.5) is 11.5 Å². The van der Waals surface area contributed by atoms with Crippen LogP contribution in [0, 0.1) is 0 Å². The minimum atomic E-state index is -0.235. The number of halogens is 1. The summed E-state index contributed by atoms with van der Waals surface area (Å²) in [5, 5.41) is 13.1. The Kier molecular flexibility index (Phi) is 4.99. The van der Waals surface area contributed by atoms with Crippen molar-refractivity contribution in [2.75, 3.05) is 30.9 Å². The van der Waals surface area contributed by atoms with Crippen molar-refractivity contribution in [3.05, 3.63) is 35.3 Å². The first-order valence-corrected chi connectivity index (χ1v) is 6.86.